The zero-order chi connectivity index (χ0) is 18.9. The molecule has 0 saturated carbocycles. The number of hydrogen-bond donors (Lipinski definition) is 0. The number of sulfone groups is 1. The van der Waals surface area contributed by atoms with Gasteiger partial charge in [-0.1, -0.05) is 23.5 Å². The smallest absolute Gasteiger partial charge is 0.263 e. The number of amides is 1. The zero-order valence-electron chi connectivity index (χ0n) is 14.6. The molecule has 0 saturated heterocycles. The van der Waals surface area contributed by atoms with E-state index in [0.717, 1.165) is 15.8 Å². The Morgan fingerprint density at radius 3 is 2.50 bits per heavy atom. The monoisotopic (exact) mass is 390 g/mol. The normalized spacial score (nSPS) is 12.5. The molecule has 0 bridgehead atoms. The predicted molar refractivity (Wildman–Crippen MR) is 101 cm³/mol. The van der Waals surface area contributed by atoms with Crippen LogP contribution < -0.4 is 9.54 Å². The number of fused-ring (bicyclic) bond motifs is 1. The summed E-state index contributed by atoms with van der Waals surface area (Å²) >= 11 is 1.36. The topological polar surface area (TPSA) is 77.7 Å². The first-order valence-electron chi connectivity index (χ1n) is 7.81. The van der Waals surface area contributed by atoms with Crippen molar-refractivity contribution in [3.8, 4) is 5.75 Å². The van der Waals surface area contributed by atoms with Crippen LogP contribution in [0.3, 0.4) is 0 Å². The van der Waals surface area contributed by atoms with Gasteiger partial charge in [0.05, 0.1) is 22.2 Å². The van der Waals surface area contributed by atoms with Crippen molar-refractivity contribution < 1.29 is 17.9 Å². The van der Waals surface area contributed by atoms with Gasteiger partial charge in [0.2, 0.25) is 0 Å². The van der Waals surface area contributed by atoms with Gasteiger partial charge in [-0.05, 0) is 42.8 Å². The van der Waals surface area contributed by atoms with E-state index in [1.807, 2.05) is 36.7 Å². The third-order valence-electron chi connectivity index (χ3n) is 3.98. The molecule has 0 radical (unpaired) electrons. The molecule has 1 aromatic heterocycles. The molecule has 3 rings (SSSR count). The van der Waals surface area contributed by atoms with Crippen molar-refractivity contribution in [1.82, 2.24) is 4.57 Å². The second-order valence-corrected chi connectivity index (χ2v) is 8.80. The van der Waals surface area contributed by atoms with Gasteiger partial charge in [-0.2, -0.15) is 4.99 Å². The van der Waals surface area contributed by atoms with Crippen LogP contribution in [0.4, 0.5) is 0 Å². The Hall–Kier alpha value is -2.45. The van der Waals surface area contributed by atoms with Gasteiger partial charge in [0.15, 0.2) is 14.6 Å². The molecule has 6 nitrogen and oxygen atoms in total. The summed E-state index contributed by atoms with van der Waals surface area (Å²) in [7, 11) is -0.445. The fraction of sp³-hybridized carbons (Fsp3) is 0.222. The highest BCUT2D eigenvalue weighted by Crippen LogP contribution is 2.20. The number of para-hydroxylation sites is 1. The van der Waals surface area contributed by atoms with Crippen molar-refractivity contribution in [3.63, 3.8) is 0 Å². The molecule has 0 aliphatic rings. The average Bonchev–Trinajstić information content (AvgIpc) is 2.91. The van der Waals surface area contributed by atoms with E-state index in [4.69, 9.17) is 4.74 Å². The third kappa shape index (κ3) is 3.56. The SMILES string of the molecule is COc1ccc(S(=O)(=O)CC(=O)N=c2sc3cccc(C)c3n2C)cc1. The molecule has 8 heteroatoms. The van der Waals surface area contributed by atoms with E-state index >= 15 is 0 Å². The van der Waals surface area contributed by atoms with Crippen molar-refractivity contribution in [1.29, 1.82) is 0 Å². The van der Waals surface area contributed by atoms with Crippen molar-refractivity contribution in [3.05, 3.63) is 52.8 Å². The lowest BCUT2D eigenvalue weighted by Crippen LogP contribution is -2.19. The van der Waals surface area contributed by atoms with Crippen LogP contribution >= 0.6 is 11.3 Å². The first-order chi connectivity index (χ1) is 12.3. The summed E-state index contributed by atoms with van der Waals surface area (Å²) in [5.74, 6) is -0.819. The number of rotatable bonds is 4. The lowest BCUT2D eigenvalue weighted by Gasteiger charge is -2.03. The summed E-state index contributed by atoms with van der Waals surface area (Å²) in [5.41, 5.74) is 2.06. The maximum atomic E-state index is 12.4. The molecule has 0 aliphatic heterocycles. The Bertz CT molecular complexity index is 1140. The lowest BCUT2D eigenvalue weighted by molar-refractivity contribution is -0.115. The zero-order valence-corrected chi connectivity index (χ0v) is 16.2. The lowest BCUT2D eigenvalue weighted by atomic mass is 10.2. The van der Waals surface area contributed by atoms with Crippen molar-refractivity contribution in [2.45, 2.75) is 11.8 Å². The summed E-state index contributed by atoms with van der Waals surface area (Å²) in [5, 5.41) is 0. The molecule has 0 aliphatic carbocycles. The van der Waals surface area contributed by atoms with Crippen LogP contribution in [0, 0.1) is 6.92 Å². The number of carbonyl (C=O) groups is 1. The number of aryl methyl sites for hydroxylation is 2. The van der Waals surface area contributed by atoms with E-state index in [-0.39, 0.29) is 4.90 Å². The van der Waals surface area contributed by atoms with Gasteiger partial charge in [0, 0.05) is 7.05 Å². The van der Waals surface area contributed by atoms with Crippen molar-refractivity contribution in [2.75, 3.05) is 12.9 Å². The Morgan fingerprint density at radius 1 is 1.19 bits per heavy atom. The van der Waals surface area contributed by atoms with Gasteiger partial charge in [-0.25, -0.2) is 8.42 Å². The molecule has 26 heavy (non-hydrogen) atoms. The second-order valence-electron chi connectivity index (χ2n) is 5.81. The van der Waals surface area contributed by atoms with Crippen LogP contribution in [0.2, 0.25) is 0 Å². The number of hydrogen-bond acceptors (Lipinski definition) is 5. The minimum atomic E-state index is -3.76. The van der Waals surface area contributed by atoms with Crippen LogP contribution in [-0.2, 0) is 21.7 Å². The first-order valence-corrected chi connectivity index (χ1v) is 10.3. The highest BCUT2D eigenvalue weighted by Gasteiger charge is 2.19. The van der Waals surface area contributed by atoms with E-state index < -0.39 is 21.5 Å². The molecule has 3 aromatic rings. The number of methoxy groups -OCH3 is 1. The summed E-state index contributed by atoms with van der Waals surface area (Å²) in [6, 6.07) is 11.8. The number of thiazole rings is 1. The largest absolute Gasteiger partial charge is 0.497 e. The molecule has 136 valence electrons. The van der Waals surface area contributed by atoms with Crippen LogP contribution in [-0.4, -0.2) is 31.8 Å². The van der Waals surface area contributed by atoms with Gasteiger partial charge >= 0.3 is 0 Å². The molecule has 0 unspecified atom stereocenters. The summed E-state index contributed by atoms with van der Waals surface area (Å²) in [4.78, 5) is 16.8. The molecule has 0 spiro atoms. The summed E-state index contributed by atoms with van der Waals surface area (Å²) < 4.78 is 32.7. The van der Waals surface area contributed by atoms with Gasteiger partial charge < -0.3 is 9.30 Å². The molecular weight excluding hydrogens is 372 g/mol. The summed E-state index contributed by atoms with van der Waals surface area (Å²) in [6.07, 6.45) is 0. The van der Waals surface area contributed by atoms with E-state index in [1.165, 1.54) is 30.6 Å². The molecule has 1 heterocycles. The van der Waals surface area contributed by atoms with Gasteiger partial charge in [0.1, 0.15) is 11.5 Å². The average molecular weight is 390 g/mol. The first kappa shape index (κ1) is 18.3. The maximum Gasteiger partial charge on any atom is 0.263 e. The van der Waals surface area contributed by atoms with Crippen molar-refractivity contribution in [2.24, 2.45) is 12.0 Å². The second kappa shape index (κ2) is 7.05. The molecule has 1 amide bonds. The van der Waals surface area contributed by atoms with Crippen LogP contribution in [0.5, 0.6) is 5.75 Å². The fourth-order valence-electron chi connectivity index (χ4n) is 2.67. The minimum Gasteiger partial charge on any atom is -0.497 e. The number of nitrogens with zero attached hydrogens (tertiary/aromatic N) is 2. The van der Waals surface area contributed by atoms with Crippen LogP contribution in [0.15, 0.2) is 52.4 Å². The molecular formula is C18H18N2O4S2. The highest BCUT2D eigenvalue weighted by atomic mass is 32.2. The Labute approximate surface area is 155 Å². The minimum absolute atomic E-state index is 0.0680. The molecule has 0 fully saturated rings. The summed E-state index contributed by atoms with van der Waals surface area (Å²) in [6.45, 7) is 1.98. The van der Waals surface area contributed by atoms with Crippen LogP contribution in [0.25, 0.3) is 10.2 Å². The maximum absolute atomic E-state index is 12.4. The number of aromatic nitrogens is 1. The quantitative estimate of drug-likeness (QED) is 0.686. The number of carbonyl (C=O) groups excluding carboxylic acids is 1. The van der Waals surface area contributed by atoms with E-state index in [0.29, 0.717) is 10.6 Å². The molecule has 0 atom stereocenters. The van der Waals surface area contributed by atoms with Gasteiger partial charge in [0.25, 0.3) is 5.91 Å². The van der Waals surface area contributed by atoms with Crippen molar-refractivity contribution >= 4 is 37.3 Å². The highest BCUT2D eigenvalue weighted by molar-refractivity contribution is 7.92. The predicted octanol–water partition coefficient (Wildman–Crippen LogP) is 2.46. The van der Waals surface area contributed by atoms with E-state index in [2.05, 4.69) is 4.99 Å². The standard InChI is InChI=1S/C18H18N2O4S2/c1-12-5-4-6-15-17(12)20(2)18(25-15)19-16(21)11-26(22,23)14-9-7-13(24-3)8-10-14/h4-10H,11H2,1-3H3. The molecule has 2 aromatic carbocycles. The number of benzene rings is 2. The Kier molecular flexibility index (Phi) is 4.97. The third-order valence-corrected chi connectivity index (χ3v) is 6.69. The van der Waals surface area contributed by atoms with E-state index in [1.54, 1.807) is 12.1 Å². The van der Waals surface area contributed by atoms with E-state index in [9.17, 15) is 13.2 Å². The fourth-order valence-corrected chi connectivity index (χ4v) is 4.89. The molecule has 0 N–H and O–H groups in total. The van der Waals surface area contributed by atoms with Crippen LogP contribution in [0.1, 0.15) is 5.56 Å². The van der Waals surface area contributed by atoms with Gasteiger partial charge in [-0.3, -0.25) is 4.79 Å². The Balaban J connectivity index is 1.91. The van der Waals surface area contributed by atoms with Gasteiger partial charge in [-0.15, -0.1) is 0 Å². The number of ether oxygens (including phenoxy) is 1. The Morgan fingerprint density at radius 2 is 1.88 bits per heavy atom.